The van der Waals surface area contributed by atoms with Crippen molar-refractivity contribution in [2.75, 3.05) is 144 Å². The molecule has 0 atom stereocenters. The first-order valence-corrected chi connectivity index (χ1v) is 45.3. The van der Waals surface area contributed by atoms with Crippen LogP contribution in [0.3, 0.4) is 0 Å². The molecule has 10 aliphatic heterocycles. The van der Waals surface area contributed by atoms with Gasteiger partial charge in [0.2, 0.25) is 0 Å². The van der Waals surface area contributed by atoms with Crippen LogP contribution in [0.25, 0.3) is 0 Å². The lowest BCUT2D eigenvalue weighted by molar-refractivity contribution is -0.167. The van der Waals surface area contributed by atoms with Crippen LogP contribution in [-0.2, 0) is 0 Å². The number of piperidine rings is 6. The quantitative estimate of drug-likeness (QED) is 0.233. The van der Waals surface area contributed by atoms with E-state index in [0.717, 1.165) is 11.8 Å². The Morgan fingerprint density at radius 2 is 0.417 bits per heavy atom. The van der Waals surface area contributed by atoms with E-state index < -0.39 is 0 Å². The molecule has 11 heteroatoms. The minimum absolute atomic E-state index is 0.337. The first-order chi connectivity index (χ1) is 48.1. The summed E-state index contributed by atoms with van der Waals surface area (Å²) in [5, 5.41) is 0. The maximum absolute atomic E-state index is 2.73. The Labute approximate surface area is 679 Å². The van der Waals surface area contributed by atoms with E-state index in [-0.39, 0.29) is 0 Å². The lowest BCUT2D eigenvalue weighted by Crippen LogP contribution is -2.76. The molecular formula is C97H199N11. The third kappa shape index (κ3) is 30.5. The van der Waals surface area contributed by atoms with Crippen LogP contribution in [0.15, 0.2) is 0 Å². The predicted molar refractivity (Wildman–Crippen MR) is 481 cm³/mol. The molecule has 0 saturated carbocycles. The first-order valence-electron chi connectivity index (χ1n) is 45.3. The second kappa shape index (κ2) is 36.4. The molecule has 3 spiro atoms. The summed E-state index contributed by atoms with van der Waals surface area (Å²) in [4.78, 5) is 28.9. The van der Waals surface area contributed by atoms with Crippen molar-refractivity contribution in [3.8, 4) is 0 Å². The van der Waals surface area contributed by atoms with Gasteiger partial charge in [0.05, 0.1) is 0 Å². The Bertz CT molecular complexity index is 2390. The molecule has 0 unspecified atom stereocenters. The number of nitrogens with zero attached hydrogens (tertiary/aromatic N) is 11. The molecule has 108 heavy (non-hydrogen) atoms. The van der Waals surface area contributed by atoms with E-state index in [4.69, 9.17) is 0 Å². The monoisotopic (exact) mass is 1520 g/mol. The first kappa shape index (κ1) is 99.9. The van der Waals surface area contributed by atoms with Crippen molar-refractivity contribution < 1.29 is 0 Å². The maximum Gasteiger partial charge on any atom is 0.0213 e. The normalized spacial score (nSPS) is 25.0. The molecule has 10 fully saturated rings. The van der Waals surface area contributed by atoms with E-state index in [9.17, 15) is 0 Å². The van der Waals surface area contributed by atoms with Crippen molar-refractivity contribution in [1.29, 1.82) is 0 Å². The van der Waals surface area contributed by atoms with Crippen molar-refractivity contribution in [1.82, 2.24) is 53.9 Å². The Kier molecular flexibility index (Phi) is 33.7. The fourth-order valence-corrected chi connectivity index (χ4v) is 18.8. The van der Waals surface area contributed by atoms with Gasteiger partial charge in [-0.3, -0.25) is 53.9 Å². The van der Waals surface area contributed by atoms with Crippen LogP contribution in [-0.4, -0.2) is 259 Å². The highest BCUT2D eigenvalue weighted by molar-refractivity contribution is 5.10. The van der Waals surface area contributed by atoms with Gasteiger partial charge in [-0.2, -0.15) is 0 Å². The summed E-state index contributed by atoms with van der Waals surface area (Å²) >= 11 is 0. The van der Waals surface area contributed by atoms with E-state index in [1.165, 1.54) is 221 Å². The van der Waals surface area contributed by atoms with E-state index in [1.807, 2.05) is 0 Å². The largest absolute Gasteiger partial charge is 0.298 e. The molecule has 10 heterocycles. The molecule has 0 bridgehead atoms. The van der Waals surface area contributed by atoms with Gasteiger partial charge in [0.25, 0.3) is 0 Å². The van der Waals surface area contributed by atoms with E-state index in [2.05, 4.69) is 352 Å². The summed E-state index contributed by atoms with van der Waals surface area (Å²) in [6.07, 6.45) is 16.8. The second-order valence-corrected chi connectivity index (χ2v) is 51.9. The van der Waals surface area contributed by atoms with E-state index in [0.29, 0.717) is 98.8 Å². The number of piperazine rings is 1. The van der Waals surface area contributed by atoms with Gasteiger partial charge in [-0.1, -0.05) is 69.2 Å². The number of hydrogen-bond donors (Lipinski definition) is 0. The van der Waals surface area contributed by atoms with Gasteiger partial charge >= 0.3 is 0 Å². The Balaban J connectivity index is 0.000000268. The van der Waals surface area contributed by atoms with Gasteiger partial charge in [0, 0.05) is 138 Å². The van der Waals surface area contributed by atoms with Gasteiger partial charge in [-0.15, -0.1) is 0 Å². The average molecular weight is 1520 g/mol. The minimum atomic E-state index is 0.337. The Morgan fingerprint density at radius 1 is 0.194 bits per heavy atom. The summed E-state index contributed by atoms with van der Waals surface area (Å²) in [6.45, 7) is 129. The lowest BCUT2D eigenvalue weighted by Gasteiger charge is -2.66. The second-order valence-electron chi connectivity index (χ2n) is 51.9. The van der Waals surface area contributed by atoms with Crippen LogP contribution in [0.1, 0.15) is 375 Å². The van der Waals surface area contributed by atoms with Crippen LogP contribution in [0.5, 0.6) is 0 Å². The molecule has 10 saturated heterocycles. The van der Waals surface area contributed by atoms with Crippen molar-refractivity contribution >= 4 is 0 Å². The summed E-state index contributed by atoms with van der Waals surface area (Å²) in [5.41, 5.74) is 7.81. The third-order valence-corrected chi connectivity index (χ3v) is 29.5. The molecule has 10 rings (SSSR count). The van der Waals surface area contributed by atoms with Gasteiger partial charge in [-0.25, -0.2) is 0 Å². The zero-order valence-electron chi connectivity index (χ0n) is 82.1. The third-order valence-electron chi connectivity index (χ3n) is 29.5. The SMILES string of the molecule is CC(C)(C)C1CCN(C(C)(C)C)CC1.CC(C)(C)C1CN(C(C)(C)C)C1.CC(C)(C)N1CC2(C1)CN(C(C)(C)C)C2.CC(C)(C)N1CCC(C)(C(C)(C)C)CC1.CC(C)(C)N1CCC2(CC1)CCN(C(C)(C)C)CC2.CC(C)(C)N1CCC2(CCCN(C(C)(C)C)C2)CC1.CC(C)(C)N1CCN(C(C)(C)C)CC1. The van der Waals surface area contributed by atoms with Crippen LogP contribution in [0, 0.1) is 49.7 Å². The van der Waals surface area contributed by atoms with Crippen LogP contribution < -0.4 is 0 Å². The molecule has 0 aromatic rings. The molecule has 0 N–H and O–H groups in total. The highest BCUT2D eigenvalue weighted by Gasteiger charge is 2.56. The van der Waals surface area contributed by atoms with Crippen LogP contribution in [0.2, 0.25) is 0 Å². The van der Waals surface area contributed by atoms with Gasteiger partial charge in [0.15, 0.2) is 0 Å². The Morgan fingerprint density at radius 3 is 0.657 bits per heavy atom. The lowest BCUT2D eigenvalue weighted by atomic mass is 9.62. The predicted octanol–water partition coefficient (Wildman–Crippen LogP) is 22.2. The summed E-state index contributed by atoms with van der Waals surface area (Å²) in [7, 11) is 0. The fraction of sp³-hybridized carbons (Fsp3) is 1.00. The minimum Gasteiger partial charge on any atom is -0.298 e. The number of likely N-dealkylation sites (tertiary alicyclic amines) is 9. The highest BCUT2D eigenvalue weighted by Crippen LogP contribution is 2.50. The highest BCUT2D eigenvalue weighted by atomic mass is 15.4. The van der Waals surface area contributed by atoms with E-state index in [1.54, 1.807) is 0 Å². The van der Waals surface area contributed by atoms with Gasteiger partial charge in [-0.05, 0) is 422 Å². The van der Waals surface area contributed by atoms with Crippen molar-refractivity contribution in [3.63, 3.8) is 0 Å². The average Bonchev–Trinajstić information content (AvgIpc) is 0.721. The number of rotatable bonds is 0. The topological polar surface area (TPSA) is 35.6 Å². The summed E-state index contributed by atoms with van der Waals surface area (Å²) in [6, 6.07) is 0. The molecule has 11 nitrogen and oxygen atoms in total. The van der Waals surface area contributed by atoms with Crippen molar-refractivity contribution in [3.05, 3.63) is 0 Å². The molecule has 0 amide bonds. The van der Waals surface area contributed by atoms with E-state index >= 15 is 0 Å². The summed E-state index contributed by atoms with van der Waals surface area (Å²) in [5.74, 6) is 1.82. The number of hydrogen-bond acceptors (Lipinski definition) is 11. The van der Waals surface area contributed by atoms with Crippen molar-refractivity contribution in [2.45, 2.75) is 436 Å². The molecular weight excluding hydrogens is 1320 g/mol. The Hall–Kier alpha value is -0.440. The fourth-order valence-electron chi connectivity index (χ4n) is 18.8. The molecule has 0 aliphatic carbocycles. The zero-order chi connectivity index (χ0) is 83.5. The summed E-state index contributed by atoms with van der Waals surface area (Å²) < 4.78 is 0. The molecule has 0 aromatic heterocycles. The maximum atomic E-state index is 2.73. The molecule has 642 valence electrons. The van der Waals surface area contributed by atoms with Crippen molar-refractivity contribution in [2.24, 2.45) is 49.7 Å². The van der Waals surface area contributed by atoms with Gasteiger partial charge in [0.1, 0.15) is 0 Å². The van der Waals surface area contributed by atoms with Crippen LogP contribution in [0.4, 0.5) is 0 Å². The van der Waals surface area contributed by atoms with Gasteiger partial charge < -0.3 is 0 Å². The molecule has 10 aliphatic rings. The molecule has 0 radical (unpaired) electrons. The standard InChI is InChI=1S/2C17H34N2.C14H29N.C13H26N2.C13H27N.C12H26N2.C11H23N/c1-15(2,3)18-11-7-17(8-12-18)9-13-19(14-10-17)16(4,5)6;1-15(2,3)18-12-9-17(10-13-18)8-7-11-19(14-17)16(4,5)6;1-12(2,3)14(7)8-10-15(11-9-14)13(4,5)6;1-11(2,3)14-7-13(8-14)9-15(10-13)12(4,5)6;1-12(2,3)11-7-9-14(10-8-11)13(4,5)6;1-11(2,3)13-7-9-14(10-8-13)12(4,5)6;1-10(2,3)9-7-12(8-9)11(4,5)6/h2*7-14H2,1-6H3;8-11H2,1-7H3;7-10H2,1-6H3;11H,7-10H2,1-6H3;7-10H2,1-6H3;9H,7-8H2,1-6H3. The van der Waals surface area contributed by atoms with Crippen LogP contribution >= 0.6 is 0 Å². The zero-order valence-corrected chi connectivity index (χ0v) is 82.1. The smallest absolute Gasteiger partial charge is 0.0213 e. The molecule has 0 aromatic carbocycles.